The minimum atomic E-state index is 0.603. The van der Waals surface area contributed by atoms with Gasteiger partial charge in [0, 0.05) is 39.8 Å². The summed E-state index contributed by atoms with van der Waals surface area (Å²) < 4.78 is 1.18. The van der Waals surface area contributed by atoms with Crippen LogP contribution in [-0.2, 0) is 0 Å². The molecule has 0 aliphatic carbocycles. The smallest absolute Gasteiger partial charge is 0.132 e. The first-order chi connectivity index (χ1) is 8.27. The maximum atomic E-state index is 5.93. The van der Waals surface area contributed by atoms with E-state index >= 15 is 0 Å². The molecule has 0 bridgehead atoms. The first-order valence-corrected chi connectivity index (χ1v) is 6.18. The van der Waals surface area contributed by atoms with Crippen molar-refractivity contribution < 1.29 is 0 Å². The zero-order valence-corrected chi connectivity index (χ0v) is 10.2. The van der Waals surface area contributed by atoms with E-state index in [0.717, 1.165) is 16.5 Å². The lowest BCUT2D eigenvalue weighted by Crippen LogP contribution is -1.92. The number of pyridine rings is 2. The van der Waals surface area contributed by atoms with Gasteiger partial charge in [-0.3, -0.25) is 4.98 Å². The lowest BCUT2D eigenvalue weighted by molar-refractivity contribution is 1.32. The Morgan fingerprint density at radius 2 is 2.18 bits per heavy atom. The number of thiophene rings is 1. The number of nitrogens with two attached hydrogens (primary N) is 1. The minimum Gasteiger partial charge on any atom is -0.383 e. The van der Waals surface area contributed by atoms with Gasteiger partial charge >= 0.3 is 0 Å². The molecule has 0 aliphatic rings. The molecule has 0 unspecified atom stereocenters. The summed E-state index contributed by atoms with van der Waals surface area (Å²) >= 11 is 1.70. The fourth-order valence-corrected chi connectivity index (χ4v) is 3.04. The van der Waals surface area contributed by atoms with Crippen molar-refractivity contribution in [3.63, 3.8) is 0 Å². The van der Waals surface area contributed by atoms with Gasteiger partial charge in [0.05, 0.1) is 0 Å². The van der Waals surface area contributed by atoms with Gasteiger partial charge in [-0.05, 0) is 23.9 Å². The van der Waals surface area contributed by atoms with Gasteiger partial charge in [0.1, 0.15) is 5.82 Å². The van der Waals surface area contributed by atoms with Crippen LogP contribution in [0.25, 0.3) is 21.2 Å². The summed E-state index contributed by atoms with van der Waals surface area (Å²) in [6.07, 6.45) is 5.44. The number of nitrogens with zero attached hydrogens (tertiary/aromatic N) is 2. The topological polar surface area (TPSA) is 51.8 Å². The van der Waals surface area contributed by atoms with Crippen molar-refractivity contribution in [3.05, 3.63) is 41.7 Å². The van der Waals surface area contributed by atoms with Crippen molar-refractivity contribution in [2.45, 2.75) is 6.92 Å². The number of hydrogen-bond donors (Lipinski definition) is 1. The van der Waals surface area contributed by atoms with Gasteiger partial charge in [0.15, 0.2) is 0 Å². The van der Waals surface area contributed by atoms with E-state index < -0.39 is 0 Å². The second-order valence-corrected chi connectivity index (χ2v) is 4.80. The number of aryl methyl sites for hydroxylation is 1. The number of nitrogen functional groups attached to an aromatic ring is 1. The number of fused-ring (bicyclic) bond motifs is 1. The number of aromatic nitrogens is 2. The zero-order chi connectivity index (χ0) is 11.8. The van der Waals surface area contributed by atoms with Crippen molar-refractivity contribution >= 4 is 27.2 Å². The van der Waals surface area contributed by atoms with E-state index in [9.17, 15) is 0 Å². The fraction of sp³-hybridized carbons (Fsp3) is 0.0769. The van der Waals surface area contributed by atoms with Crippen LogP contribution in [-0.4, -0.2) is 9.97 Å². The van der Waals surface area contributed by atoms with Crippen LogP contribution in [0, 0.1) is 6.92 Å². The minimum absolute atomic E-state index is 0.603. The second kappa shape index (κ2) is 3.82. The van der Waals surface area contributed by atoms with E-state index in [1.165, 1.54) is 10.3 Å². The third-order valence-electron chi connectivity index (χ3n) is 2.78. The largest absolute Gasteiger partial charge is 0.383 e. The van der Waals surface area contributed by atoms with E-state index in [1.807, 2.05) is 24.5 Å². The Bertz CT molecular complexity index is 674. The summed E-state index contributed by atoms with van der Waals surface area (Å²) in [5.74, 6) is 0.603. The standard InChI is InChI=1S/C13H11N3S/c1-8-7-17-12-10(6-16-13(14)11(8)12)9-3-2-4-15-5-9/h2-7H,1H3,(H2,14,16). The van der Waals surface area contributed by atoms with Gasteiger partial charge in [-0.1, -0.05) is 6.07 Å². The second-order valence-electron chi connectivity index (χ2n) is 3.92. The fourth-order valence-electron chi connectivity index (χ4n) is 1.95. The van der Waals surface area contributed by atoms with E-state index in [1.54, 1.807) is 17.5 Å². The molecule has 3 aromatic rings. The molecule has 0 saturated carbocycles. The molecule has 3 aromatic heterocycles. The number of hydrogen-bond acceptors (Lipinski definition) is 4. The molecule has 3 rings (SSSR count). The lowest BCUT2D eigenvalue weighted by Gasteiger charge is -2.04. The van der Waals surface area contributed by atoms with Gasteiger partial charge in [0.2, 0.25) is 0 Å². The molecule has 0 radical (unpaired) electrons. The van der Waals surface area contributed by atoms with E-state index in [4.69, 9.17) is 5.73 Å². The Kier molecular flexibility index (Phi) is 2.30. The Morgan fingerprint density at radius 1 is 1.29 bits per heavy atom. The molecule has 17 heavy (non-hydrogen) atoms. The maximum Gasteiger partial charge on any atom is 0.132 e. The van der Waals surface area contributed by atoms with Crippen LogP contribution in [0.2, 0.25) is 0 Å². The number of anilines is 1. The van der Waals surface area contributed by atoms with Gasteiger partial charge in [-0.15, -0.1) is 11.3 Å². The molecule has 0 fully saturated rings. The summed E-state index contributed by atoms with van der Waals surface area (Å²) in [5.41, 5.74) is 9.28. The summed E-state index contributed by atoms with van der Waals surface area (Å²) in [4.78, 5) is 8.42. The highest BCUT2D eigenvalue weighted by atomic mass is 32.1. The van der Waals surface area contributed by atoms with Gasteiger partial charge in [-0.25, -0.2) is 4.98 Å². The molecular formula is C13H11N3S. The molecule has 3 nitrogen and oxygen atoms in total. The van der Waals surface area contributed by atoms with Gasteiger partial charge < -0.3 is 5.73 Å². The van der Waals surface area contributed by atoms with Crippen LogP contribution in [0.15, 0.2) is 36.1 Å². The Hall–Kier alpha value is -1.94. The average Bonchev–Trinajstić information content (AvgIpc) is 2.74. The Labute approximate surface area is 103 Å². The zero-order valence-electron chi connectivity index (χ0n) is 9.34. The van der Waals surface area contributed by atoms with E-state index in [2.05, 4.69) is 22.3 Å². The van der Waals surface area contributed by atoms with Crippen molar-refractivity contribution in [1.29, 1.82) is 0 Å². The summed E-state index contributed by atoms with van der Waals surface area (Å²) in [5, 5.41) is 3.18. The van der Waals surface area contributed by atoms with Crippen molar-refractivity contribution in [1.82, 2.24) is 9.97 Å². The molecule has 4 heteroatoms. The van der Waals surface area contributed by atoms with Crippen LogP contribution in [0.3, 0.4) is 0 Å². The lowest BCUT2D eigenvalue weighted by atomic mass is 10.1. The highest BCUT2D eigenvalue weighted by Gasteiger charge is 2.11. The average molecular weight is 241 g/mol. The van der Waals surface area contributed by atoms with Crippen molar-refractivity contribution in [2.75, 3.05) is 5.73 Å². The highest BCUT2D eigenvalue weighted by molar-refractivity contribution is 7.18. The van der Waals surface area contributed by atoms with E-state index in [0.29, 0.717) is 5.82 Å². The molecule has 0 aliphatic heterocycles. The van der Waals surface area contributed by atoms with E-state index in [-0.39, 0.29) is 0 Å². The molecule has 84 valence electrons. The third-order valence-corrected chi connectivity index (χ3v) is 3.91. The molecule has 0 aromatic carbocycles. The van der Waals surface area contributed by atoms with Crippen molar-refractivity contribution in [3.8, 4) is 11.1 Å². The molecular weight excluding hydrogens is 230 g/mol. The van der Waals surface area contributed by atoms with Gasteiger partial charge in [0.25, 0.3) is 0 Å². The monoisotopic (exact) mass is 241 g/mol. The predicted octanol–water partition coefficient (Wildman–Crippen LogP) is 3.25. The molecule has 0 spiro atoms. The highest BCUT2D eigenvalue weighted by Crippen LogP contribution is 2.36. The summed E-state index contributed by atoms with van der Waals surface area (Å²) in [6, 6.07) is 3.96. The van der Waals surface area contributed by atoms with Crippen LogP contribution in [0.1, 0.15) is 5.56 Å². The van der Waals surface area contributed by atoms with Gasteiger partial charge in [-0.2, -0.15) is 0 Å². The third kappa shape index (κ3) is 1.57. The molecule has 0 saturated heterocycles. The maximum absolute atomic E-state index is 5.93. The van der Waals surface area contributed by atoms with Crippen LogP contribution >= 0.6 is 11.3 Å². The van der Waals surface area contributed by atoms with Crippen LogP contribution < -0.4 is 5.73 Å². The van der Waals surface area contributed by atoms with Crippen LogP contribution in [0.4, 0.5) is 5.82 Å². The number of rotatable bonds is 1. The first kappa shape index (κ1) is 10.2. The SMILES string of the molecule is Cc1csc2c(-c3cccnc3)cnc(N)c12. The molecule has 2 N–H and O–H groups in total. The quantitative estimate of drug-likeness (QED) is 0.711. The summed E-state index contributed by atoms with van der Waals surface area (Å²) in [7, 11) is 0. The first-order valence-electron chi connectivity index (χ1n) is 5.30. The van der Waals surface area contributed by atoms with Crippen molar-refractivity contribution in [2.24, 2.45) is 0 Å². The van der Waals surface area contributed by atoms with Crippen LogP contribution in [0.5, 0.6) is 0 Å². The molecule has 0 atom stereocenters. The predicted molar refractivity (Wildman–Crippen MR) is 72.0 cm³/mol. The Morgan fingerprint density at radius 3 is 2.94 bits per heavy atom. The molecule has 3 heterocycles. The summed E-state index contributed by atoms with van der Waals surface area (Å²) in [6.45, 7) is 2.06. The normalized spacial score (nSPS) is 10.9. The Balaban J connectivity index is 2.36. The molecule has 0 amide bonds.